The smallest absolute Gasteiger partial charge is 0.0329 e. The van der Waals surface area contributed by atoms with Gasteiger partial charge in [0, 0.05) is 28.3 Å². The van der Waals surface area contributed by atoms with E-state index in [0.717, 1.165) is 13.0 Å². The Labute approximate surface area is 109 Å². The standard InChI is InChI=1S/C13H28N2OS/c1-4-9-15-10-6-13(7-11-15)14-8-5-12(2)17(3)16/h12-14H,4-11H2,1-3H3. The van der Waals surface area contributed by atoms with E-state index in [1.54, 1.807) is 6.26 Å². The summed E-state index contributed by atoms with van der Waals surface area (Å²) in [7, 11) is -0.673. The van der Waals surface area contributed by atoms with Crippen LogP contribution in [0.25, 0.3) is 0 Å². The molecule has 0 radical (unpaired) electrons. The Hall–Kier alpha value is 0.0700. The Bertz CT molecular complexity index is 227. The molecule has 0 aromatic heterocycles. The van der Waals surface area contributed by atoms with Crippen LogP contribution >= 0.6 is 0 Å². The summed E-state index contributed by atoms with van der Waals surface area (Å²) in [5.41, 5.74) is 0. The van der Waals surface area contributed by atoms with Gasteiger partial charge in [-0.05, 0) is 51.9 Å². The maximum Gasteiger partial charge on any atom is 0.0329 e. The molecule has 1 aliphatic heterocycles. The molecule has 3 nitrogen and oxygen atoms in total. The van der Waals surface area contributed by atoms with Crippen molar-refractivity contribution in [3.8, 4) is 0 Å². The normalized spacial score (nSPS) is 22.5. The number of hydrogen-bond acceptors (Lipinski definition) is 3. The van der Waals surface area contributed by atoms with E-state index in [4.69, 9.17) is 0 Å². The van der Waals surface area contributed by atoms with Gasteiger partial charge in [-0.3, -0.25) is 4.21 Å². The fourth-order valence-electron chi connectivity index (χ4n) is 2.33. The van der Waals surface area contributed by atoms with Crippen LogP contribution in [-0.2, 0) is 10.8 Å². The van der Waals surface area contributed by atoms with Gasteiger partial charge in [-0.2, -0.15) is 0 Å². The third kappa shape index (κ3) is 5.98. The van der Waals surface area contributed by atoms with Crippen molar-refractivity contribution in [2.24, 2.45) is 0 Å². The highest BCUT2D eigenvalue weighted by molar-refractivity contribution is 7.84. The summed E-state index contributed by atoms with van der Waals surface area (Å²) in [6.07, 6.45) is 6.62. The predicted molar refractivity (Wildman–Crippen MR) is 75.9 cm³/mol. The minimum absolute atomic E-state index is 0.322. The predicted octanol–water partition coefficient (Wildman–Crippen LogP) is 1.61. The highest BCUT2D eigenvalue weighted by atomic mass is 32.2. The first-order valence-corrected chi connectivity index (χ1v) is 8.53. The molecule has 2 unspecified atom stereocenters. The first kappa shape index (κ1) is 15.1. The topological polar surface area (TPSA) is 32.3 Å². The summed E-state index contributed by atoms with van der Waals surface area (Å²) in [5, 5.41) is 3.93. The second-order valence-corrected chi connectivity index (χ2v) is 6.97. The molecule has 102 valence electrons. The molecule has 1 fully saturated rings. The van der Waals surface area contributed by atoms with E-state index in [9.17, 15) is 4.21 Å². The molecular formula is C13H28N2OS. The first-order chi connectivity index (χ1) is 8.13. The highest BCUT2D eigenvalue weighted by Crippen LogP contribution is 2.10. The molecule has 1 rings (SSSR count). The SMILES string of the molecule is CCCN1CCC(NCCC(C)S(C)=O)CC1. The molecule has 1 saturated heterocycles. The summed E-state index contributed by atoms with van der Waals surface area (Å²) in [6.45, 7) is 9.05. The van der Waals surface area contributed by atoms with Crippen LogP contribution in [0.3, 0.4) is 0 Å². The number of piperidine rings is 1. The van der Waals surface area contributed by atoms with Gasteiger partial charge in [0.1, 0.15) is 0 Å². The zero-order valence-corrected chi connectivity index (χ0v) is 12.4. The molecule has 0 aliphatic carbocycles. The van der Waals surface area contributed by atoms with Crippen molar-refractivity contribution < 1.29 is 4.21 Å². The van der Waals surface area contributed by atoms with Gasteiger partial charge in [0.2, 0.25) is 0 Å². The van der Waals surface area contributed by atoms with E-state index in [1.165, 1.54) is 38.9 Å². The summed E-state index contributed by atoms with van der Waals surface area (Å²) >= 11 is 0. The van der Waals surface area contributed by atoms with Gasteiger partial charge in [0.05, 0.1) is 0 Å². The van der Waals surface area contributed by atoms with Crippen LogP contribution in [0, 0.1) is 0 Å². The average Bonchev–Trinajstić information content (AvgIpc) is 2.31. The summed E-state index contributed by atoms with van der Waals surface area (Å²) in [6, 6.07) is 0.681. The van der Waals surface area contributed by atoms with E-state index in [-0.39, 0.29) is 0 Å². The number of likely N-dealkylation sites (tertiary alicyclic amines) is 1. The van der Waals surface area contributed by atoms with Crippen molar-refractivity contribution in [3.05, 3.63) is 0 Å². The Morgan fingerprint density at radius 2 is 2.06 bits per heavy atom. The summed E-state index contributed by atoms with van der Waals surface area (Å²) in [5.74, 6) is 0. The van der Waals surface area contributed by atoms with Gasteiger partial charge in [-0.25, -0.2) is 0 Å². The zero-order chi connectivity index (χ0) is 12.7. The Kier molecular flexibility index (Phi) is 7.32. The molecular weight excluding hydrogens is 232 g/mol. The molecule has 1 aliphatic rings. The molecule has 1 N–H and O–H groups in total. The Morgan fingerprint density at radius 1 is 1.41 bits per heavy atom. The van der Waals surface area contributed by atoms with Gasteiger partial charge >= 0.3 is 0 Å². The molecule has 1 heterocycles. The van der Waals surface area contributed by atoms with Gasteiger partial charge in [-0.15, -0.1) is 0 Å². The minimum atomic E-state index is -0.673. The lowest BCUT2D eigenvalue weighted by atomic mass is 10.0. The highest BCUT2D eigenvalue weighted by Gasteiger charge is 2.18. The molecule has 2 atom stereocenters. The van der Waals surface area contributed by atoms with Crippen LogP contribution in [0.1, 0.15) is 39.5 Å². The van der Waals surface area contributed by atoms with Crippen LogP contribution in [0.4, 0.5) is 0 Å². The van der Waals surface area contributed by atoms with Crippen LogP contribution in [-0.4, -0.2) is 52.8 Å². The third-order valence-electron chi connectivity index (χ3n) is 3.68. The van der Waals surface area contributed by atoms with Gasteiger partial charge in [0.25, 0.3) is 0 Å². The van der Waals surface area contributed by atoms with Crippen LogP contribution in [0.2, 0.25) is 0 Å². The zero-order valence-electron chi connectivity index (χ0n) is 11.6. The van der Waals surface area contributed by atoms with Crippen molar-refractivity contribution in [2.75, 3.05) is 32.4 Å². The molecule has 0 amide bonds. The number of nitrogens with one attached hydrogen (secondary N) is 1. The number of nitrogens with zero attached hydrogens (tertiary/aromatic N) is 1. The lowest BCUT2D eigenvalue weighted by Crippen LogP contribution is -2.43. The van der Waals surface area contributed by atoms with Crippen molar-refractivity contribution in [1.82, 2.24) is 10.2 Å². The molecule has 4 heteroatoms. The van der Waals surface area contributed by atoms with Crippen molar-refractivity contribution in [2.45, 2.75) is 50.8 Å². The Balaban J connectivity index is 2.08. The number of rotatable bonds is 7. The monoisotopic (exact) mass is 260 g/mol. The molecule has 0 aromatic rings. The lowest BCUT2D eigenvalue weighted by Gasteiger charge is -2.32. The minimum Gasteiger partial charge on any atom is -0.314 e. The van der Waals surface area contributed by atoms with E-state index < -0.39 is 10.8 Å². The van der Waals surface area contributed by atoms with E-state index in [1.807, 2.05) is 0 Å². The maximum absolute atomic E-state index is 11.2. The molecule has 0 spiro atoms. The largest absolute Gasteiger partial charge is 0.314 e. The van der Waals surface area contributed by atoms with Gasteiger partial charge in [0.15, 0.2) is 0 Å². The lowest BCUT2D eigenvalue weighted by molar-refractivity contribution is 0.198. The van der Waals surface area contributed by atoms with E-state index in [2.05, 4.69) is 24.1 Å². The maximum atomic E-state index is 11.2. The van der Waals surface area contributed by atoms with Crippen molar-refractivity contribution >= 4 is 10.8 Å². The second kappa shape index (κ2) is 8.22. The second-order valence-electron chi connectivity index (χ2n) is 5.17. The van der Waals surface area contributed by atoms with Crippen LogP contribution in [0.5, 0.6) is 0 Å². The molecule has 0 saturated carbocycles. The van der Waals surface area contributed by atoms with Crippen molar-refractivity contribution in [1.29, 1.82) is 0 Å². The molecule has 0 aromatic carbocycles. The van der Waals surface area contributed by atoms with Crippen molar-refractivity contribution in [3.63, 3.8) is 0 Å². The first-order valence-electron chi connectivity index (χ1n) is 6.91. The summed E-state index contributed by atoms with van der Waals surface area (Å²) in [4.78, 5) is 2.56. The third-order valence-corrected chi connectivity index (χ3v) is 5.05. The number of hydrogen-bond donors (Lipinski definition) is 1. The Morgan fingerprint density at radius 3 is 2.59 bits per heavy atom. The quantitative estimate of drug-likeness (QED) is 0.755. The van der Waals surface area contributed by atoms with E-state index >= 15 is 0 Å². The fourth-order valence-corrected chi connectivity index (χ4v) is 2.78. The molecule has 17 heavy (non-hydrogen) atoms. The molecule has 0 bridgehead atoms. The van der Waals surface area contributed by atoms with Gasteiger partial charge < -0.3 is 10.2 Å². The van der Waals surface area contributed by atoms with Crippen LogP contribution < -0.4 is 5.32 Å². The van der Waals surface area contributed by atoms with Gasteiger partial charge in [-0.1, -0.05) is 13.8 Å². The van der Waals surface area contributed by atoms with Crippen LogP contribution in [0.15, 0.2) is 0 Å². The summed E-state index contributed by atoms with van der Waals surface area (Å²) < 4.78 is 11.2. The fraction of sp³-hybridized carbons (Fsp3) is 1.00. The van der Waals surface area contributed by atoms with E-state index in [0.29, 0.717) is 11.3 Å². The average molecular weight is 260 g/mol.